The van der Waals surface area contributed by atoms with Crippen molar-refractivity contribution in [3.05, 3.63) is 23.7 Å². The highest BCUT2D eigenvalue weighted by Gasteiger charge is 2.23. The van der Waals surface area contributed by atoms with E-state index in [1.807, 2.05) is 12.2 Å². The molecule has 1 heterocycles. The first-order chi connectivity index (χ1) is 6.27. The van der Waals surface area contributed by atoms with Gasteiger partial charge in [-0.2, -0.15) is 0 Å². The molecule has 2 rings (SSSR count). The van der Waals surface area contributed by atoms with Crippen LogP contribution < -0.4 is 0 Å². The Hall–Kier alpha value is -1.25. The maximum absolute atomic E-state index is 11.3. The molecular weight excluding hydrogens is 168 g/mol. The van der Waals surface area contributed by atoms with Crippen LogP contribution in [-0.2, 0) is 14.3 Å². The van der Waals surface area contributed by atoms with Crippen molar-refractivity contribution < 1.29 is 14.3 Å². The van der Waals surface area contributed by atoms with Crippen LogP contribution in [0.4, 0.5) is 0 Å². The van der Waals surface area contributed by atoms with Crippen LogP contribution in [0.1, 0.15) is 19.8 Å². The van der Waals surface area contributed by atoms with Crippen LogP contribution in [0, 0.1) is 0 Å². The van der Waals surface area contributed by atoms with Crippen molar-refractivity contribution in [1.29, 1.82) is 0 Å². The molecule has 1 unspecified atom stereocenters. The van der Waals surface area contributed by atoms with Gasteiger partial charge >= 0.3 is 0 Å². The molecule has 0 amide bonds. The first kappa shape index (κ1) is 8.35. The lowest BCUT2D eigenvalue weighted by Gasteiger charge is -2.13. The Morgan fingerprint density at radius 2 is 2.38 bits per heavy atom. The highest BCUT2D eigenvalue weighted by atomic mass is 16.5. The smallest absolute Gasteiger partial charge is 0.210 e. The lowest BCUT2D eigenvalue weighted by molar-refractivity contribution is -0.128. The first-order valence-electron chi connectivity index (χ1n) is 4.49. The second-order valence-corrected chi connectivity index (χ2v) is 3.24. The Morgan fingerprint density at radius 1 is 1.54 bits per heavy atom. The number of Topliss-reactive ketones (excluding diaryl/α,β-unsaturated/α-hetero) is 1. The van der Waals surface area contributed by atoms with E-state index in [9.17, 15) is 4.79 Å². The summed E-state index contributed by atoms with van der Waals surface area (Å²) < 4.78 is 10.8. The largest absolute Gasteiger partial charge is 0.486 e. The standard InChI is InChI=1S/C10H12O3/c1-7-8(11)6-12-9-4-2-3-5-10(9)13-7/h3,5,7H,2,4,6H2,1H3. The molecule has 2 aliphatic rings. The first-order valence-corrected chi connectivity index (χ1v) is 4.49. The van der Waals surface area contributed by atoms with Crippen molar-refractivity contribution in [3.63, 3.8) is 0 Å². The van der Waals surface area contributed by atoms with Gasteiger partial charge in [0.05, 0.1) is 0 Å². The van der Waals surface area contributed by atoms with Crippen LogP contribution in [0.3, 0.4) is 0 Å². The van der Waals surface area contributed by atoms with Gasteiger partial charge in [-0.05, 0) is 19.4 Å². The normalized spacial score (nSPS) is 27.5. The Morgan fingerprint density at radius 3 is 3.23 bits per heavy atom. The molecule has 0 aromatic heterocycles. The van der Waals surface area contributed by atoms with Crippen molar-refractivity contribution >= 4 is 5.78 Å². The minimum atomic E-state index is -0.379. The number of ketones is 1. The Labute approximate surface area is 77.0 Å². The SMILES string of the molecule is CC1OC2=C(CCC=C2)OCC1=O. The van der Waals surface area contributed by atoms with Crippen LogP contribution in [0.2, 0.25) is 0 Å². The summed E-state index contributed by atoms with van der Waals surface area (Å²) in [6.45, 7) is 1.90. The van der Waals surface area contributed by atoms with E-state index < -0.39 is 0 Å². The number of carbonyl (C=O) groups excluding carboxylic acids is 1. The highest BCUT2D eigenvalue weighted by molar-refractivity contribution is 5.84. The minimum absolute atomic E-state index is 0.00259. The Balaban J connectivity index is 2.22. The van der Waals surface area contributed by atoms with E-state index in [0.717, 1.165) is 24.4 Å². The molecule has 1 atom stereocenters. The average molecular weight is 180 g/mol. The zero-order valence-corrected chi connectivity index (χ0v) is 7.58. The summed E-state index contributed by atoms with van der Waals surface area (Å²) in [5.74, 6) is 1.55. The zero-order valence-electron chi connectivity index (χ0n) is 7.58. The maximum Gasteiger partial charge on any atom is 0.210 e. The molecule has 1 aliphatic carbocycles. The van der Waals surface area contributed by atoms with Crippen LogP contribution in [0.25, 0.3) is 0 Å². The molecule has 0 aromatic carbocycles. The van der Waals surface area contributed by atoms with Crippen molar-refractivity contribution in [2.75, 3.05) is 6.61 Å². The molecule has 1 aliphatic heterocycles. The van der Waals surface area contributed by atoms with Crippen LogP contribution in [0.5, 0.6) is 0 Å². The molecule has 0 radical (unpaired) electrons. The molecule has 0 bridgehead atoms. The summed E-state index contributed by atoms with van der Waals surface area (Å²) >= 11 is 0. The number of allylic oxidation sites excluding steroid dienone is 3. The average Bonchev–Trinajstić information content (AvgIpc) is 2.28. The van der Waals surface area contributed by atoms with E-state index in [0.29, 0.717) is 0 Å². The topological polar surface area (TPSA) is 35.5 Å². The second kappa shape index (κ2) is 3.24. The van der Waals surface area contributed by atoms with Gasteiger partial charge in [-0.1, -0.05) is 6.08 Å². The summed E-state index contributed by atoms with van der Waals surface area (Å²) in [5, 5.41) is 0. The number of carbonyl (C=O) groups is 1. The number of hydrogen-bond acceptors (Lipinski definition) is 3. The highest BCUT2D eigenvalue weighted by Crippen LogP contribution is 2.24. The van der Waals surface area contributed by atoms with Crippen LogP contribution in [-0.4, -0.2) is 18.5 Å². The molecule has 0 saturated carbocycles. The van der Waals surface area contributed by atoms with Gasteiger partial charge in [-0.3, -0.25) is 4.79 Å². The van der Waals surface area contributed by atoms with E-state index in [2.05, 4.69) is 0 Å². The molecule has 13 heavy (non-hydrogen) atoms. The minimum Gasteiger partial charge on any atom is -0.486 e. The molecule has 0 aromatic rings. The van der Waals surface area contributed by atoms with Crippen molar-refractivity contribution in [2.24, 2.45) is 0 Å². The van der Waals surface area contributed by atoms with Gasteiger partial charge in [0, 0.05) is 6.42 Å². The Bertz CT molecular complexity index is 289. The predicted molar refractivity (Wildman–Crippen MR) is 46.9 cm³/mol. The fourth-order valence-electron chi connectivity index (χ4n) is 1.40. The Kier molecular flexibility index (Phi) is 2.08. The van der Waals surface area contributed by atoms with Crippen molar-refractivity contribution in [2.45, 2.75) is 25.9 Å². The molecular formula is C10H12O3. The van der Waals surface area contributed by atoms with Gasteiger partial charge in [0.15, 0.2) is 18.5 Å². The third-order valence-corrected chi connectivity index (χ3v) is 2.23. The van der Waals surface area contributed by atoms with E-state index in [1.165, 1.54) is 0 Å². The summed E-state index contributed by atoms with van der Waals surface area (Å²) in [4.78, 5) is 11.3. The summed E-state index contributed by atoms with van der Waals surface area (Å²) in [5.41, 5.74) is 0. The van der Waals surface area contributed by atoms with E-state index >= 15 is 0 Å². The number of rotatable bonds is 0. The quantitative estimate of drug-likeness (QED) is 0.567. The number of ether oxygens (including phenoxy) is 2. The van der Waals surface area contributed by atoms with Crippen molar-refractivity contribution in [1.82, 2.24) is 0 Å². The number of hydrogen-bond donors (Lipinski definition) is 0. The summed E-state index contributed by atoms with van der Waals surface area (Å²) in [7, 11) is 0. The predicted octanol–water partition coefficient (Wildman–Crippen LogP) is 1.55. The third kappa shape index (κ3) is 1.59. The summed E-state index contributed by atoms with van der Waals surface area (Å²) in [6.07, 6.45) is 5.34. The molecule has 0 N–H and O–H groups in total. The van der Waals surface area contributed by atoms with Gasteiger partial charge in [0.1, 0.15) is 5.76 Å². The molecule has 3 nitrogen and oxygen atoms in total. The zero-order chi connectivity index (χ0) is 9.26. The maximum atomic E-state index is 11.3. The lowest BCUT2D eigenvalue weighted by Crippen LogP contribution is -2.21. The van der Waals surface area contributed by atoms with Gasteiger partial charge in [-0.25, -0.2) is 0 Å². The van der Waals surface area contributed by atoms with E-state index in [4.69, 9.17) is 9.47 Å². The van der Waals surface area contributed by atoms with E-state index in [-0.39, 0.29) is 18.5 Å². The van der Waals surface area contributed by atoms with Gasteiger partial charge in [-0.15, -0.1) is 0 Å². The second-order valence-electron chi connectivity index (χ2n) is 3.24. The van der Waals surface area contributed by atoms with Gasteiger partial charge in [0.25, 0.3) is 0 Å². The third-order valence-electron chi connectivity index (χ3n) is 2.23. The van der Waals surface area contributed by atoms with Crippen LogP contribution in [0.15, 0.2) is 23.7 Å². The van der Waals surface area contributed by atoms with E-state index in [1.54, 1.807) is 6.92 Å². The molecule has 0 saturated heterocycles. The molecule has 0 spiro atoms. The molecule has 3 heteroatoms. The van der Waals surface area contributed by atoms with Crippen LogP contribution >= 0.6 is 0 Å². The fraction of sp³-hybridized carbons (Fsp3) is 0.500. The summed E-state index contributed by atoms with van der Waals surface area (Å²) in [6, 6.07) is 0. The molecule has 0 fully saturated rings. The molecule has 70 valence electrons. The van der Waals surface area contributed by atoms with Gasteiger partial charge in [0.2, 0.25) is 5.78 Å². The lowest BCUT2D eigenvalue weighted by atomic mass is 10.1. The van der Waals surface area contributed by atoms with Crippen molar-refractivity contribution in [3.8, 4) is 0 Å². The van der Waals surface area contributed by atoms with Gasteiger partial charge < -0.3 is 9.47 Å². The fourth-order valence-corrected chi connectivity index (χ4v) is 1.40. The monoisotopic (exact) mass is 180 g/mol.